The minimum atomic E-state index is -0.139. The average Bonchev–Trinajstić information content (AvgIpc) is 0.811. The molecule has 0 aromatic carbocycles. The Kier molecular flexibility index (Phi) is 28.0. The van der Waals surface area contributed by atoms with Gasteiger partial charge in [0.15, 0.2) is 5.12 Å². The van der Waals surface area contributed by atoms with E-state index in [4.69, 9.17) is 0 Å². The van der Waals surface area contributed by atoms with Crippen molar-refractivity contribution >= 4 is 98.7 Å². The molecule has 0 unspecified atom stereocenters. The van der Waals surface area contributed by atoms with Gasteiger partial charge in [-0.2, -0.15) is 0 Å². The van der Waals surface area contributed by atoms with Crippen LogP contribution in [0.3, 0.4) is 0 Å². The van der Waals surface area contributed by atoms with Crippen molar-refractivity contribution in [1.82, 2.24) is 0 Å². The number of carbonyl (C=O) groups is 1. The minimum absolute atomic E-state index is 0. The van der Waals surface area contributed by atoms with Crippen molar-refractivity contribution in [1.29, 1.82) is 0 Å². The van der Waals surface area contributed by atoms with Gasteiger partial charge in [0.2, 0.25) is 0 Å². The van der Waals surface area contributed by atoms with Crippen LogP contribution in [0.5, 0.6) is 0 Å². The average molecular weight is 140 g/mol. The summed E-state index contributed by atoms with van der Waals surface area (Å²) in [6, 6.07) is 0. The van der Waals surface area contributed by atoms with Crippen molar-refractivity contribution in [2.24, 2.45) is 0 Å². The van der Waals surface area contributed by atoms with Gasteiger partial charge in [-0.3, -0.25) is 4.79 Å². The van der Waals surface area contributed by atoms with E-state index in [0.717, 1.165) is 0 Å². The molecule has 0 rings (SSSR count). The second-order valence-corrected chi connectivity index (χ2v) is 1.15. The molecule has 28 valence electrons. The molecule has 6 heavy (non-hydrogen) atoms. The molecule has 0 aromatic rings. The zero-order valence-corrected chi connectivity index (χ0v) is 3.25. The van der Waals surface area contributed by atoms with E-state index in [1.807, 2.05) is 0 Å². The molecule has 0 atom stereocenters. The van der Waals surface area contributed by atoms with E-state index in [1.54, 1.807) is 0 Å². The standard InChI is InChI=1S/C2H4OS.K.Na.2H/c1-2(3)4;;;;/h1H3,(H,3,4);;;;. The molecule has 0 aliphatic heterocycles. The van der Waals surface area contributed by atoms with Crippen LogP contribution in [0.4, 0.5) is 0 Å². The Hall–Kier alpha value is 2.66. The number of hydrogen-bond donors (Lipinski definition) is 1. The third kappa shape index (κ3) is 30.2. The molecule has 0 saturated heterocycles. The molecule has 0 aromatic heterocycles. The van der Waals surface area contributed by atoms with Gasteiger partial charge in [0, 0.05) is 6.92 Å². The maximum absolute atomic E-state index is 9.31. The Morgan fingerprint density at radius 1 is 1.67 bits per heavy atom. The third-order valence-electron chi connectivity index (χ3n) is 0. The predicted octanol–water partition coefficient (Wildman–Crippen LogP) is -0.834. The number of rotatable bonds is 0. The van der Waals surface area contributed by atoms with Gasteiger partial charge in [0.05, 0.1) is 0 Å². The summed E-state index contributed by atoms with van der Waals surface area (Å²) in [7, 11) is 0. The van der Waals surface area contributed by atoms with Crippen molar-refractivity contribution < 1.29 is 4.79 Å². The molecule has 0 heterocycles. The Morgan fingerprint density at radius 2 is 1.67 bits per heavy atom. The molecule has 0 radical (unpaired) electrons. The van der Waals surface area contributed by atoms with E-state index in [-0.39, 0.29) is 86.1 Å². The summed E-state index contributed by atoms with van der Waals surface area (Å²) < 4.78 is 0. The normalized spacial score (nSPS) is 4.33. The van der Waals surface area contributed by atoms with Gasteiger partial charge in [-0.05, 0) is 0 Å². The molecule has 0 saturated carbocycles. The topological polar surface area (TPSA) is 17.1 Å². The van der Waals surface area contributed by atoms with E-state index in [9.17, 15) is 4.79 Å². The summed E-state index contributed by atoms with van der Waals surface area (Å²) in [5, 5.41) is -0.139. The van der Waals surface area contributed by atoms with Crippen LogP contribution >= 0.6 is 12.6 Å². The van der Waals surface area contributed by atoms with Crippen molar-refractivity contribution in [3.05, 3.63) is 0 Å². The third-order valence-corrected chi connectivity index (χ3v) is 0. The summed E-state index contributed by atoms with van der Waals surface area (Å²) in [6.45, 7) is 1.39. The van der Waals surface area contributed by atoms with Gasteiger partial charge in [0.25, 0.3) is 0 Å². The van der Waals surface area contributed by atoms with Crippen molar-refractivity contribution in [2.45, 2.75) is 6.92 Å². The Bertz CT molecular complexity index is 36.5. The fourth-order valence-electron chi connectivity index (χ4n) is 0. The second-order valence-electron chi connectivity index (χ2n) is 0.519. The summed E-state index contributed by atoms with van der Waals surface area (Å²) in [4.78, 5) is 9.31. The quantitative estimate of drug-likeness (QED) is 0.343. The molecule has 0 spiro atoms. The Balaban J connectivity index is -0.0000000450. The van der Waals surface area contributed by atoms with E-state index < -0.39 is 0 Å². The molecule has 0 aliphatic rings. The second kappa shape index (κ2) is 10.6. The molecule has 0 amide bonds. The number of hydrogen-bond acceptors (Lipinski definition) is 1. The van der Waals surface area contributed by atoms with Gasteiger partial charge in [0.1, 0.15) is 0 Å². The van der Waals surface area contributed by atoms with Crippen molar-refractivity contribution in [3.63, 3.8) is 0 Å². The van der Waals surface area contributed by atoms with E-state index in [1.165, 1.54) is 6.92 Å². The van der Waals surface area contributed by atoms with Crippen molar-refractivity contribution in [2.75, 3.05) is 0 Å². The van der Waals surface area contributed by atoms with Gasteiger partial charge in [-0.15, -0.1) is 12.6 Å². The van der Waals surface area contributed by atoms with Gasteiger partial charge < -0.3 is 0 Å². The van der Waals surface area contributed by atoms with Crippen LogP contribution in [-0.2, 0) is 4.79 Å². The first-order valence-electron chi connectivity index (χ1n) is 0.928. The monoisotopic (exact) mass is 140 g/mol. The summed E-state index contributed by atoms with van der Waals surface area (Å²) in [6.07, 6.45) is 0. The number of carbonyl (C=O) groups excluding carboxylic acids is 1. The fourth-order valence-corrected chi connectivity index (χ4v) is 0. The molecule has 4 heteroatoms. The first-order valence-corrected chi connectivity index (χ1v) is 1.37. The first kappa shape index (κ1) is 15.9. The predicted molar refractivity (Wildman–Crippen MR) is 34.0 cm³/mol. The first-order chi connectivity index (χ1) is 1.73. The molecule has 0 N–H and O–H groups in total. The van der Waals surface area contributed by atoms with Crippen LogP contribution in [0, 0.1) is 0 Å². The molecule has 0 bridgehead atoms. The van der Waals surface area contributed by atoms with Crippen LogP contribution < -0.4 is 0 Å². The van der Waals surface area contributed by atoms with Crippen LogP contribution in [0.1, 0.15) is 6.92 Å². The Labute approximate surface area is 108 Å². The molecule has 0 aliphatic carbocycles. The van der Waals surface area contributed by atoms with Gasteiger partial charge >= 0.3 is 80.9 Å². The fraction of sp³-hybridized carbons (Fsp3) is 0.500. The van der Waals surface area contributed by atoms with Gasteiger partial charge in [-0.1, -0.05) is 0 Å². The Morgan fingerprint density at radius 3 is 1.67 bits per heavy atom. The summed E-state index contributed by atoms with van der Waals surface area (Å²) in [5.74, 6) is 0. The SMILES string of the molecule is CC(=O)S.[KH].[NaH]. The molecular weight excluding hydrogens is 134 g/mol. The zero-order valence-electron chi connectivity index (χ0n) is 2.36. The molecule has 0 fully saturated rings. The van der Waals surface area contributed by atoms with Gasteiger partial charge in [-0.25, -0.2) is 0 Å². The van der Waals surface area contributed by atoms with Crippen LogP contribution in [0.15, 0.2) is 0 Å². The zero-order chi connectivity index (χ0) is 3.58. The van der Waals surface area contributed by atoms with Crippen LogP contribution in [0.25, 0.3) is 0 Å². The van der Waals surface area contributed by atoms with Crippen LogP contribution in [0.2, 0.25) is 0 Å². The summed E-state index contributed by atoms with van der Waals surface area (Å²) >= 11 is 3.33. The van der Waals surface area contributed by atoms with Crippen molar-refractivity contribution in [3.8, 4) is 0 Å². The van der Waals surface area contributed by atoms with Crippen LogP contribution in [-0.4, -0.2) is 86.1 Å². The van der Waals surface area contributed by atoms with E-state index >= 15 is 0 Å². The number of thiol groups is 1. The summed E-state index contributed by atoms with van der Waals surface area (Å²) in [5.41, 5.74) is 0. The van der Waals surface area contributed by atoms with E-state index in [2.05, 4.69) is 12.6 Å². The maximum atomic E-state index is 9.31. The molecule has 1 nitrogen and oxygen atoms in total. The van der Waals surface area contributed by atoms with E-state index in [0.29, 0.717) is 0 Å². The molecular formula is C2H6KNaOS.